The van der Waals surface area contributed by atoms with Crippen molar-refractivity contribution in [2.75, 3.05) is 52.9 Å². The minimum absolute atomic E-state index is 0.0675. The Kier molecular flexibility index (Phi) is 9.93. The number of piperazine rings is 1. The zero-order valence-corrected chi connectivity index (χ0v) is 23.3. The van der Waals surface area contributed by atoms with Crippen molar-refractivity contribution in [3.05, 3.63) is 53.6 Å². The number of rotatable bonds is 9. The normalized spacial score (nSPS) is 22.2. The summed E-state index contributed by atoms with van der Waals surface area (Å²) < 4.78 is 29.0. The van der Waals surface area contributed by atoms with E-state index in [9.17, 15) is 18.4 Å². The maximum absolute atomic E-state index is 14.5. The maximum Gasteiger partial charge on any atom is 0.236 e. The van der Waals surface area contributed by atoms with Crippen molar-refractivity contribution >= 4 is 17.5 Å². The van der Waals surface area contributed by atoms with Crippen LogP contribution in [0.4, 0.5) is 8.78 Å². The molecule has 9 heteroatoms. The largest absolute Gasteiger partial charge is 0.342 e. The number of likely N-dealkylation sites (N-methyl/N-ethyl adjacent to an activating group) is 1. The van der Waals surface area contributed by atoms with E-state index in [1.54, 1.807) is 13.0 Å². The van der Waals surface area contributed by atoms with Crippen molar-refractivity contribution in [2.24, 2.45) is 27.5 Å². The number of nitrogens with zero attached hydrogens (tertiary/aromatic N) is 5. The van der Waals surface area contributed by atoms with Crippen LogP contribution < -0.4 is 0 Å². The highest BCUT2D eigenvalue weighted by Crippen LogP contribution is 2.51. The Morgan fingerprint density at radius 3 is 2.34 bits per heavy atom. The molecule has 0 bridgehead atoms. The van der Waals surface area contributed by atoms with Gasteiger partial charge in [-0.15, -0.1) is 0 Å². The lowest BCUT2D eigenvalue weighted by Crippen LogP contribution is -2.51. The fraction of sp³-hybridized carbons (Fsp3) is 0.586. The second-order valence-electron chi connectivity index (χ2n) is 10.9. The van der Waals surface area contributed by atoms with Crippen molar-refractivity contribution in [1.82, 2.24) is 14.7 Å². The Morgan fingerprint density at radius 1 is 1.16 bits per heavy atom. The summed E-state index contributed by atoms with van der Waals surface area (Å²) in [4.78, 5) is 30.6. The molecule has 1 aliphatic heterocycles. The van der Waals surface area contributed by atoms with Crippen molar-refractivity contribution < 1.29 is 18.4 Å². The summed E-state index contributed by atoms with van der Waals surface area (Å²) in [6.45, 7) is 16.5. The quantitative estimate of drug-likeness (QED) is 0.334. The third-order valence-electron chi connectivity index (χ3n) is 8.30. The number of halogens is 2. The van der Waals surface area contributed by atoms with Crippen molar-refractivity contribution in [1.29, 1.82) is 0 Å². The van der Waals surface area contributed by atoms with Crippen LogP contribution in [0.25, 0.3) is 5.70 Å². The second-order valence-corrected chi connectivity index (χ2v) is 10.9. The van der Waals surface area contributed by atoms with E-state index < -0.39 is 11.6 Å². The number of allylic oxidation sites excluding steroid dienone is 2. The van der Waals surface area contributed by atoms with Crippen molar-refractivity contribution in [3.8, 4) is 0 Å². The third-order valence-corrected chi connectivity index (χ3v) is 8.30. The average molecular weight is 530 g/mol. The molecule has 0 spiro atoms. The molecule has 1 aromatic carbocycles. The Hall–Kier alpha value is -2.94. The first-order chi connectivity index (χ1) is 18.0. The van der Waals surface area contributed by atoms with Crippen LogP contribution in [0.15, 0.2) is 46.7 Å². The number of benzene rings is 1. The highest BCUT2D eigenvalue weighted by Gasteiger charge is 2.44. The van der Waals surface area contributed by atoms with Crippen LogP contribution >= 0.6 is 0 Å². The molecular formula is C29H41F2N5O2. The zero-order chi connectivity index (χ0) is 28.0. The molecule has 0 N–H and O–H groups in total. The molecule has 38 heavy (non-hydrogen) atoms. The zero-order valence-electron chi connectivity index (χ0n) is 23.3. The van der Waals surface area contributed by atoms with E-state index in [0.29, 0.717) is 45.8 Å². The van der Waals surface area contributed by atoms with Crippen LogP contribution in [0.3, 0.4) is 0 Å². The highest BCUT2D eigenvalue weighted by atomic mass is 19.1. The van der Waals surface area contributed by atoms with Gasteiger partial charge in [0, 0.05) is 53.2 Å². The number of hydrogen-bond donors (Lipinski definition) is 0. The van der Waals surface area contributed by atoms with Gasteiger partial charge in [-0.1, -0.05) is 26.5 Å². The van der Waals surface area contributed by atoms with E-state index in [1.807, 2.05) is 16.7 Å². The second kappa shape index (κ2) is 12.7. The minimum atomic E-state index is -0.695. The SMILES string of the molecule is C=C(/C=C(\N=NC)c1c(F)cccc1F)[C@@H]1CC[C@@H](CN(CC)C(=O)CN2CCN(C(C)=O)CC2)C1(C)C. The predicted molar refractivity (Wildman–Crippen MR) is 145 cm³/mol. The van der Waals surface area contributed by atoms with Crippen LogP contribution in [0, 0.1) is 28.9 Å². The molecule has 1 saturated heterocycles. The molecule has 0 unspecified atom stereocenters. The summed E-state index contributed by atoms with van der Waals surface area (Å²) in [6, 6.07) is 3.73. The molecule has 2 fully saturated rings. The van der Waals surface area contributed by atoms with Gasteiger partial charge < -0.3 is 9.80 Å². The van der Waals surface area contributed by atoms with Crippen molar-refractivity contribution in [3.63, 3.8) is 0 Å². The molecule has 3 rings (SSSR count). The maximum atomic E-state index is 14.5. The van der Waals surface area contributed by atoms with Gasteiger partial charge in [0.15, 0.2) is 0 Å². The molecule has 0 radical (unpaired) electrons. The van der Waals surface area contributed by atoms with E-state index >= 15 is 0 Å². The third kappa shape index (κ3) is 6.73. The Bertz CT molecular complexity index is 1070. The van der Waals surface area contributed by atoms with Crippen LogP contribution in [0.2, 0.25) is 0 Å². The lowest BCUT2D eigenvalue weighted by Gasteiger charge is -2.38. The Balaban J connectivity index is 1.68. The first kappa shape index (κ1) is 29.6. The molecule has 1 aromatic rings. The number of azo groups is 1. The minimum Gasteiger partial charge on any atom is -0.342 e. The average Bonchev–Trinajstić information content (AvgIpc) is 3.16. The topological polar surface area (TPSA) is 68.6 Å². The summed E-state index contributed by atoms with van der Waals surface area (Å²) in [7, 11) is 1.46. The molecule has 2 aliphatic rings. The van der Waals surface area contributed by atoms with Crippen LogP contribution in [0.1, 0.15) is 46.1 Å². The summed E-state index contributed by atoms with van der Waals surface area (Å²) in [6.07, 6.45) is 3.43. The Morgan fingerprint density at radius 2 is 1.79 bits per heavy atom. The van der Waals surface area contributed by atoms with Gasteiger partial charge in [-0.05, 0) is 60.8 Å². The summed E-state index contributed by atoms with van der Waals surface area (Å²) in [5.41, 5.74) is 0.470. The molecule has 0 aromatic heterocycles. The molecular weight excluding hydrogens is 488 g/mol. The summed E-state index contributed by atoms with van der Waals surface area (Å²) in [5.74, 6) is -0.901. The summed E-state index contributed by atoms with van der Waals surface area (Å²) >= 11 is 0. The molecule has 2 amide bonds. The molecule has 1 aliphatic carbocycles. The summed E-state index contributed by atoms with van der Waals surface area (Å²) in [5, 5.41) is 7.79. The number of carbonyl (C=O) groups is 2. The van der Waals surface area contributed by atoms with E-state index in [2.05, 4.69) is 35.6 Å². The van der Waals surface area contributed by atoms with Gasteiger partial charge in [0.1, 0.15) is 11.6 Å². The van der Waals surface area contributed by atoms with Crippen LogP contribution in [0.5, 0.6) is 0 Å². The molecule has 1 saturated carbocycles. The fourth-order valence-corrected chi connectivity index (χ4v) is 5.85. The lowest BCUT2D eigenvalue weighted by atomic mass is 9.72. The molecule has 208 valence electrons. The van der Waals surface area contributed by atoms with Gasteiger partial charge >= 0.3 is 0 Å². The van der Waals surface area contributed by atoms with E-state index in [1.165, 1.54) is 25.2 Å². The monoisotopic (exact) mass is 529 g/mol. The van der Waals surface area contributed by atoms with E-state index in [0.717, 1.165) is 18.4 Å². The van der Waals surface area contributed by atoms with Gasteiger partial charge in [0.2, 0.25) is 11.8 Å². The van der Waals surface area contributed by atoms with Gasteiger partial charge in [0.25, 0.3) is 0 Å². The number of amides is 2. The van der Waals surface area contributed by atoms with Crippen LogP contribution in [-0.2, 0) is 9.59 Å². The standard InChI is InChI=1S/C29H41F2N5O2/c1-7-35(27(38)19-34-13-15-36(16-14-34)21(3)37)18-22-11-12-23(29(22,4)5)20(2)17-26(33-32-6)28-24(30)9-8-10-25(28)31/h8-10,17,22-23H,2,7,11-16,18-19H2,1,3-6H3/b26-17-,33-32?/t22-,23-/m0/s1. The van der Waals surface area contributed by atoms with Gasteiger partial charge in [-0.2, -0.15) is 10.2 Å². The van der Waals surface area contributed by atoms with Gasteiger partial charge in [0.05, 0.1) is 17.8 Å². The first-order valence-corrected chi connectivity index (χ1v) is 13.4. The lowest BCUT2D eigenvalue weighted by molar-refractivity contribution is -0.134. The van der Waals surface area contributed by atoms with E-state index in [-0.39, 0.29) is 40.3 Å². The fourth-order valence-electron chi connectivity index (χ4n) is 5.85. The smallest absolute Gasteiger partial charge is 0.236 e. The van der Waals surface area contributed by atoms with Gasteiger partial charge in [-0.25, -0.2) is 8.78 Å². The number of carbonyl (C=O) groups excluding carboxylic acids is 2. The van der Waals surface area contributed by atoms with Crippen LogP contribution in [-0.4, -0.2) is 79.4 Å². The molecule has 7 nitrogen and oxygen atoms in total. The highest BCUT2D eigenvalue weighted by molar-refractivity contribution is 5.78. The molecule has 2 atom stereocenters. The van der Waals surface area contributed by atoms with Gasteiger partial charge in [-0.3, -0.25) is 14.5 Å². The van der Waals surface area contributed by atoms with E-state index in [4.69, 9.17) is 0 Å². The predicted octanol–water partition coefficient (Wildman–Crippen LogP) is 5.01. The number of hydrogen-bond acceptors (Lipinski definition) is 5. The first-order valence-electron chi connectivity index (χ1n) is 13.4. The van der Waals surface area contributed by atoms with Crippen molar-refractivity contribution in [2.45, 2.75) is 40.5 Å². The Labute approximate surface area is 225 Å². The molecule has 1 heterocycles.